The lowest BCUT2D eigenvalue weighted by atomic mass is 10.0. The second kappa shape index (κ2) is 8.08. The lowest BCUT2D eigenvalue weighted by molar-refractivity contribution is -0.141. The van der Waals surface area contributed by atoms with E-state index in [4.69, 9.17) is 0 Å². The summed E-state index contributed by atoms with van der Waals surface area (Å²) in [6.45, 7) is 0. The Labute approximate surface area is 134 Å². The average Bonchev–Trinajstić information content (AvgIpc) is 2.52. The molecular formula is C18H18FNO3. The van der Waals surface area contributed by atoms with Crippen molar-refractivity contribution in [1.29, 1.82) is 0 Å². The van der Waals surface area contributed by atoms with Crippen molar-refractivity contribution in [2.45, 2.75) is 25.3 Å². The van der Waals surface area contributed by atoms with Crippen LogP contribution in [-0.2, 0) is 22.4 Å². The molecule has 0 radical (unpaired) electrons. The number of carboxylic acid groups (broad SMARTS) is 1. The molecule has 0 aromatic heterocycles. The molecule has 2 aromatic carbocycles. The van der Waals surface area contributed by atoms with Gasteiger partial charge in [-0.2, -0.15) is 0 Å². The zero-order valence-corrected chi connectivity index (χ0v) is 12.5. The first-order valence-electron chi connectivity index (χ1n) is 7.35. The number of aliphatic carboxylic acids is 1. The third-order valence-corrected chi connectivity index (χ3v) is 3.45. The Morgan fingerprint density at radius 1 is 1.04 bits per heavy atom. The maximum Gasteiger partial charge on any atom is 0.326 e. The maximum atomic E-state index is 13.1. The number of amides is 1. The van der Waals surface area contributed by atoms with E-state index in [1.165, 1.54) is 18.2 Å². The summed E-state index contributed by atoms with van der Waals surface area (Å²) >= 11 is 0. The lowest BCUT2D eigenvalue weighted by Gasteiger charge is -2.14. The molecule has 0 saturated carbocycles. The second-order valence-corrected chi connectivity index (χ2v) is 5.29. The summed E-state index contributed by atoms with van der Waals surface area (Å²) in [6, 6.07) is 14.2. The number of benzene rings is 2. The van der Waals surface area contributed by atoms with Crippen molar-refractivity contribution in [3.8, 4) is 0 Å². The van der Waals surface area contributed by atoms with Gasteiger partial charge in [0.25, 0.3) is 0 Å². The first-order chi connectivity index (χ1) is 11.0. The minimum atomic E-state index is -1.08. The molecule has 120 valence electrons. The monoisotopic (exact) mass is 315 g/mol. The van der Waals surface area contributed by atoms with Crippen molar-refractivity contribution < 1.29 is 19.1 Å². The standard InChI is InChI=1S/C18H18FNO3/c19-15-8-4-7-14(11-15)12-17(21)20-16(18(22)23)10-9-13-5-2-1-3-6-13/h1-8,11,16H,9-10,12H2,(H,20,21)(H,22,23)/t16-/m0/s1. The molecule has 1 amide bonds. The largest absolute Gasteiger partial charge is 0.480 e. The summed E-state index contributed by atoms with van der Waals surface area (Å²) in [5.74, 6) is -1.93. The van der Waals surface area contributed by atoms with Crippen LogP contribution in [0.25, 0.3) is 0 Å². The number of hydrogen-bond acceptors (Lipinski definition) is 2. The van der Waals surface area contributed by atoms with Crippen molar-refractivity contribution in [2.75, 3.05) is 0 Å². The number of carboxylic acids is 1. The van der Waals surface area contributed by atoms with Gasteiger partial charge in [0.05, 0.1) is 6.42 Å². The molecule has 0 aliphatic carbocycles. The number of carbonyl (C=O) groups excluding carboxylic acids is 1. The quantitative estimate of drug-likeness (QED) is 0.825. The predicted octanol–water partition coefficient (Wildman–Crippen LogP) is 2.57. The zero-order chi connectivity index (χ0) is 16.7. The van der Waals surface area contributed by atoms with E-state index in [0.717, 1.165) is 5.56 Å². The van der Waals surface area contributed by atoms with Crippen LogP contribution in [0.4, 0.5) is 4.39 Å². The molecule has 0 heterocycles. The summed E-state index contributed by atoms with van der Waals surface area (Å²) < 4.78 is 13.1. The molecule has 2 aromatic rings. The highest BCUT2D eigenvalue weighted by atomic mass is 19.1. The second-order valence-electron chi connectivity index (χ2n) is 5.29. The fraction of sp³-hybridized carbons (Fsp3) is 0.222. The van der Waals surface area contributed by atoms with Crippen LogP contribution in [0.1, 0.15) is 17.5 Å². The van der Waals surface area contributed by atoms with E-state index in [0.29, 0.717) is 18.4 Å². The molecule has 2 N–H and O–H groups in total. The van der Waals surface area contributed by atoms with E-state index in [1.807, 2.05) is 30.3 Å². The minimum Gasteiger partial charge on any atom is -0.480 e. The highest BCUT2D eigenvalue weighted by Crippen LogP contribution is 2.07. The number of rotatable bonds is 7. The SMILES string of the molecule is O=C(Cc1cccc(F)c1)N[C@@H](CCc1ccccc1)C(=O)O. The van der Waals surface area contributed by atoms with Crippen LogP contribution in [0.3, 0.4) is 0 Å². The van der Waals surface area contributed by atoms with E-state index in [-0.39, 0.29) is 6.42 Å². The summed E-state index contributed by atoms with van der Waals surface area (Å²) in [4.78, 5) is 23.2. The summed E-state index contributed by atoms with van der Waals surface area (Å²) in [5, 5.41) is 11.7. The first kappa shape index (κ1) is 16.7. The number of carbonyl (C=O) groups is 2. The molecule has 0 saturated heterocycles. The molecule has 0 spiro atoms. The number of halogens is 1. The van der Waals surface area contributed by atoms with Crippen LogP contribution in [0, 0.1) is 5.82 Å². The molecular weight excluding hydrogens is 297 g/mol. The van der Waals surface area contributed by atoms with Gasteiger partial charge in [-0.25, -0.2) is 9.18 Å². The van der Waals surface area contributed by atoms with E-state index in [2.05, 4.69) is 5.32 Å². The van der Waals surface area contributed by atoms with Gasteiger partial charge in [0.15, 0.2) is 0 Å². The van der Waals surface area contributed by atoms with Gasteiger partial charge in [0.2, 0.25) is 5.91 Å². The van der Waals surface area contributed by atoms with E-state index in [9.17, 15) is 19.1 Å². The van der Waals surface area contributed by atoms with Crippen LogP contribution < -0.4 is 5.32 Å². The van der Waals surface area contributed by atoms with Gasteiger partial charge < -0.3 is 10.4 Å². The van der Waals surface area contributed by atoms with E-state index in [1.54, 1.807) is 6.07 Å². The zero-order valence-electron chi connectivity index (χ0n) is 12.5. The molecule has 4 nitrogen and oxygen atoms in total. The first-order valence-corrected chi connectivity index (χ1v) is 7.35. The highest BCUT2D eigenvalue weighted by Gasteiger charge is 2.19. The molecule has 23 heavy (non-hydrogen) atoms. The van der Waals surface area contributed by atoms with Gasteiger partial charge in [-0.1, -0.05) is 42.5 Å². The smallest absolute Gasteiger partial charge is 0.326 e. The van der Waals surface area contributed by atoms with Gasteiger partial charge in [-0.15, -0.1) is 0 Å². The van der Waals surface area contributed by atoms with Crippen molar-refractivity contribution in [1.82, 2.24) is 5.32 Å². The fourth-order valence-electron chi connectivity index (χ4n) is 2.29. The summed E-state index contributed by atoms with van der Waals surface area (Å²) in [5.41, 5.74) is 1.52. The van der Waals surface area contributed by atoms with Gasteiger partial charge in [0, 0.05) is 0 Å². The molecule has 0 aliphatic heterocycles. The fourth-order valence-corrected chi connectivity index (χ4v) is 2.29. The Morgan fingerprint density at radius 3 is 2.39 bits per heavy atom. The van der Waals surface area contributed by atoms with Crippen LogP contribution in [0.15, 0.2) is 54.6 Å². The van der Waals surface area contributed by atoms with Crippen molar-refractivity contribution in [2.24, 2.45) is 0 Å². The Morgan fingerprint density at radius 2 is 1.74 bits per heavy atom. The predicted molar refractivity (Wildman–Crippen MR) is 84.4 cm³/mol. The van der Waals surface area contributed by atoms with Crippen molar-refractivity contribution in [3.63, 3.8) is 0 Å². The Hall–Kier alpha value is -2.69. The third kappa shape index (κ3) is 5.54. The van der Waals surface area contributed by atoms with Gasteiger partial charge in [-0.3, -0.25) is 4.79 Å². The topological polar surface area (TPSA) is 66.4 Å². The lowest BCUT2D eigenvalue weighted by Crippen LogP contribution is -2.41. The van der Waals surface area contributed by atoms with Gasteiger partial charge in [-0.05, 0) is 36.1 Å². The molecule has 0 unspecified atom stereocenters. The minimum absolute atomic E-state index is 0.0487. The average molecular weight is 315 g/mol. The Kier molecular flexibility index (Phi) is 5.86. The van der Waals surface area contributed by atoms with Crippen LogP contribution in [0.5, 0.6) is 0 Å². The Balaban J connectivity index is 1.91. The number of hydrogen-bond donors (Lipinski definition) is 2. The highest BCUT2D eigenvalue weighted by molar-refractivity contribution is 5.84. The summed E-state index contributed by atoms with van der Waals surface area (Å²) in [7, 11) is 0. The van der Waals surface area contributed by atoms with Crippen molar-refractivity contribution in [3.05, 3.63) is 71.5 Å². The molecule has 2 rings (SSSR count). The van der Waals surface area contributed by atoms with Gasteiger partial charge in [0.1, 0.15) is 11.9 Å². The molecule has 1 atom stereocenters. The van der Waals surface area contributed by atoms with E-state index < -0.39 is 23.7 Å². The third-order valence-electron chi connectivity index (χ3n) is 3.45. The summed E-state index contributed by atoms with van der Waals surface area (Å²) in [6.07, 6.45) is 0.805. The van der Waals surface area contributed by atoms with Crippen LogP contribution in [-0.4, -0.2) is 23.0 Å². The molecule has 5 heteroatoms. The molecule has 0 bridgehead atoms. The number of aryl methyl sites for hydroxylation is 1. The molecule has 0 aliphatic rings. The normalized spacial score (nSPS) is 11.7. The Bertz CT molecular complexity index is 673. The van der Waals surface area contributed by atoms with Gasteiger partial charge >= 0.3 is 5.97 Å². The van der Waals surface area contributed by atoms with Crippen LogP contribution in [0.2, 0.25) is 0 Å². The number of nitrogens with one attached hydrogen (secondary N) is 1. The van der Waals surface area contributed by atoms with E-state index >= 15 is 0 Å². The molecule has 0 fully saturated rings. The van der Waals surface area contributed by atoms with Crippen molar-refractivity contribution >= 4 is 11.9 Å². The maximum absolute atomic E-state index is 13.1. The van der Waals surface area contributed by atoms with Crippen LogP contribution >= 0.6 is 0 Å².